The van der Waals surface area contributed by atoms with Crippen molar-refractivity contribution in [2.45, 2.75) is 63.1 Å². The van der Waals surface area contributed by atoms with E-state index in [9.17, 15) is 4.79 Å². The highest BCUT2D eigenvalue weighted by Crippen LogP contribution is 2.25. The molecule has 8 heteroatoms. The topological polar surface area (TPSA) is 99.0 Å². The SMILES string of the molecule is Cc1occc1-c1nnc(SCC(=O)NC2CCCCCCC2)n1N. The second kappa shape index (κ2) is 8.42. The molecule has 7 nitrogen and oxygen atoms in total. The molecular formula is C17H25N5O2S. The molecule has 0 spiro atoms. The van der Waals surface area contributed by atoms with Crippen molar-refractivity contribution in [3.05, 3.63) is 18.1 Å². The summed E-state index contributed by atoms with van der Waals surface area (Å²) in [7, 11) is 0. The van der Waals surface area contributed by atoms with Crippen LogP contribution in [0.5, 0.6) is 0 Å². The van der Waals surface area contributed by atoms with Crippen molar-refractivity contribution in [2.24, 2.45) is 0 Å². The van der Waals surface area contributed by atoms with Crippen LogP contribution in [0.3, 0.4) is 0 Å². The van der Waals surface area contributed by atoms with Crippen LogP contribution in [0.2, 0.25) is 0 Å². The predicted octanol–water partition coefficient (Wildman–Crippen LogP) is 2.88. The molecule has 1 aliphatic rings. The Morgan fingerprint density at radius 2 is 2.04 bits per heavy atom. The van der Waals surface area contributed by atoms with Gasteiger partial charge in [0.2, 0.25) is 11.1 Å². The lowest BCUT2D eigenvalue weighted by Gasteiger charge is -2.20. The molecule has 1 aliphatic carbocycles. The Hall–Kier alpha value is -1.96. The van der Waals surface area contributed by atoms with E-state index in [1.54, 1.807) is 12.3 Å². The zero-order valence-corrected chi connectivity index (χ0v) is 15.3. The molecule has 0 aromatic carbocycles. The summed E-state index contributed by atoms with van der Waals surface area (Å²) in [5, 5.41) is 11.9. The molecule has 25 heavy (non-hydrogen) atoms. The molecule has 3 rings (SSSR count). The van der Waals surface area contributed by atoms with Crippen molar-refractivity contribution < 1.29 is 9.21 Å². The maximum Gasteiger partial charge on any atom is 0.230 e. The number of amides is 1. The summed E-state index contributed by atoms with van der Waals surface area (Å²) in [5.41, 5.74) is 0.806. The number of aromatic nitrogens is 3. The number of nitrogens with two attached hydrogens (primary N) is 1. The number of hydrogen-bond acceptors (Lipinski definition) is 6. The van der Waals surface area contributed by atoms with Gasteiger partial charge in [-0.05, 0) is 25.8 Å². The Kier molecular flexibility index (Phi) is 6.01. The van der Waals surface area contributed by atoms with Gasteiger partial charge in [0.1, 0.15) is 5.76 Å². The summed E-state index contributed by atoms with van der Waals surface area (Å²) >= 11 is 1.30. The molecule has 3 N–H and O–H groups in total. The summed E-state index contributed by atoms with van der Waals surface area (Å²) in [4.78, 5) is 12.2. The largest absolute Gasteiger partial charge is 0.469 e. The molecule has 2 aromatic rings. The molecule has 0 bridgehead atoms. The van der Waals surface area contributed by atoms with E-state index in [4.69, 9.17) is 10.3 Å². The Balaban J connectivity index is 1.54. The third-order valence-electron chi connectivity index (χ3n) is 4.57. The number of carbonyl (C=O) groups is 1. The number of nitrogen functional groups attached to an aromatic ring is 1. The molecule has 2 aromatic heterocycles. The van der Waals surface area contributed by atoms with Gasteiger partial charge in [-0.2, -0.15) is 0 Å². The van der Waals surface area contributed by atoms with Crippen LogP contribution in [-0.4, -0.2) is 32.6 Å². The van der Waals surface area contributed by atoms with Crippen LogP contribution in [0.1, 0.15) is 50.7 Å². The minimum Gasteiger partial charge on any atom is -0.469 e. The number of furan rings is 1. The van der Waals surface area contributed by atoms with E-state index >= 15 is 0 Å². The summed E-state index contributed by atoms with van der Waals surface area (Å²) in [6, 6.07) is 2.10. The Morgan fingerprint density at radius 1 is 1.32 bits per heavy atom. The van der Waals surface area contributed by atoms with Crippen LogP contribution in [0.15, 0.2) is 21.9 Å². The fraction of sp³-hybridized carbons (Fsp3) is 0.588. The average Bonchev–Trinajstić information content (AvgIpc) is 3.13. The molecule has 1 saturated carbocycles. The van der Waals surface area contributed by atoms with Crippen molar-refractivity contribution in [2.75, 3.05) is 11.6 Å². The van der Waals surface area contributed by atoms with E-state index in [0.29, 0.717) is 17.0 Å². The average molecular weight is 363 g/mol. The van der Waals surface area contributed by atoms with Crippen molar-refractivity contribution >= 4 is 17.7 Å². The predicted molar refractivity (Wildman–Crippen MR) is 97.6 cm³/mol. The molecule has 0 unspecified atom stereocenters. The van der Waals surface area contributed by atoms with Crippen LogP contribution >= 0.6 is 11.8 Å². The second-order valence-electron chi connectivity index (χ2n) is 6.46. The lowest BCUT2D eigenvalue weighted by atomic mass is 9.97. The normalized spacial score (nSPS) is 16.4. The third-order valence-corrected chi connectivity index (χ3v) is 5.51. The highest BCUT2D eigenvalue weighted by atomic mass is 32.2. The summed E-state index contributed by atoms with van der Waals surface area (Å²) < 4.78 is 6.69. The Morgan fingerprint density at radius 3 is 2.72 bits per heavy atom. The van der Waals surface area contributed by atoms with Gasteiger partial charge < -0.3 is 15.6 Å². The van der Waals surface area contributed by atoms with Gasteiger partial charge in [0.15, 0.2) is 5.82 Å². The van der Waals surface area contributed by atoms with Crippen molar-refractivity contribution in [3.63, 3.8) is 0 Å². The van der Waals surface area contributed by atoms with Gasteiger partial charge in [0.05, 0.1) is 17.6 Å². The molecule has 2 heterocycles. The maximum atomic E-state index is 12.2. The van der Waals surface area contributed by atoms with Crippen LogP contribution in [0.25, 0.3) is 11.4 Å². The van der Waals surface area contributed by atoms with E-state index < -0.39 is 0 Å². The van der Waals surface area contributed by atoms with Gasteiger partial charge in [-0.15, -0.1) is 10.2 Å². The summed E-state index contributed by atoms with van der Waals surface area (Å²) in [6.07, 6.45) is 10.0. The minimum absolute atomic E-state index is 0.0274. The number of thioether (sulfide) groups is 1. The van der Waals surface area contributed by atoms with Crippen LogP contribution in [0.4, 0.5) is 0 Å². The smallest absolute Gasteiger partial charge is 0.230 e. The molecule has 0 atom stereocenters. The number of nitrogens with one attached hydrogen (secondary N) is 1. The second-order valence-corrected chi connectivity index (χ2v) is 7.41. The molecule has 0 aliphatic heterocycles. The minimum atomic E-state index is 0.0274. The Bertz CT molecular complexity index is 704. The number of rotatable bonds is 5. The highest BCUT2D eigenvalue weighted by molar-refractivity contribution is 7.99. The van der Waals surface area contributed by atoms with Crippen molar-refractivity contribution in [3.8, 4) is 11.4 Å². The number of nitrogens with zero attached hydrogens (tertiary/aromatic N) is 3. The number of hydrogen-bond donors (Lipinski definition) is 2. The van der Waals surface area contributed by atoms with E-state index in [2.05, 4.69) is 15.5 Å². The van der Waals surface area contributed by atoms with E-state index in [1.165, 1.54) is 48.5 Å². The van der Waals surface area contributed by atoms with Gasteiger partial charge in [-0.1, -0.05) is 43.9 Å². The van der Waals surface area contributed by atoms with Gasteiger partial charge in [0.25, 0.3) is 0 Å². The fourth-order valence-corrected chi connectivity index (χ4v) is 3.84. The van der Waals surface area contributed by atoms with Crippen LogP contribution in [0, 0.1) is 6.92 Å². The van der Waals surface area contributed by atoms with Gasteiger partial charge >= 0.3 is 0 Å². The summed E-state index contributed by atoms with van der Waals surface area (Å²) in [6.45, 7) is 1.85. The maximum absolute atomic E-state index is 12.2. The van der Waals surface area contributed by atoms with Gasteiger partial charge in [-0.25, -0.2) is 4.68 Å². The third kappa shape index (κ3) is 4.56. The van der Waals surface area contributed by atoms with Gasteiger partial charge in [-0.3, -0.25) is 4.79 Å². The molecule has 0 radical (unpaired) electrons. The fourth-order valence-electron chi connectivity index (χ4n) is 3.18. The number of aryl methyl sites for hydroxylation is 1. The zero-order valence-electron chi connectivity index (χ0n) is 14.5. The highest BCUT2D eigenvalue weighted by Gasteiger charge is 2.18. The first-order chi connectivity index (χ1) is 12.1. The monoisotopic (exact) mass is 363 g/mol. The quantitative estimate of drug-likeness (QED) is 0.626. The molecule has 136 valence electrons. The van der Waals surface area contributed by atoms with Crippen molar-refractivity contribution in [1.29, 1.82) is 0 Å². The lowest BCUT2D eigenvalue weighted by Crippen LogP contribution is -2.36. The first kappa shape index (κ1) is 17.8. The van der Waals surface area contributed by atoms with Crippen LogP contribution in [-0.2, 0) is 4.79 Å². The summed E-state index contributed by atoms with van der Waals surface area (Å²) in [5.74, 6) is 7.65. The van der Waals surface area contributed by atoms with E-state index in [-0.39, 0.29) is 11.7 Å². The first-order valence-electron chi connectivity index (χ1n) is 8.82. The lowest BCUT2D eigenvalue weighted by molar-refractivity contribution is -0.119. The zero-order chi connectivity index (χ0) is 17.6. The van der Waals surface area contributed by atoms with Crippen LogP contribution < -0.4 is 11.2 Å². The standard InChI is InChI=1S/C17H25N5O2S/c1-12-14(9-10-24-12)16-20-21-17(22(16)18)25-11-15(23)19-13-7-5-3-2-4-6-8-13/h9-10,13H,2-8,11,18H2,1H3,(H,19,23). The first-order valence-corrected chi connectivity index (χ1v) is 9.81. The molecule has 0 saturated heterocycles. The molecule has 1 amide bonds. The van der Waals surface area contributed by atoms with E-state index in [0.717, 1.165) is 24.2 Å². The number of carbonyl (C=O) groups excluding carboxylic acids is 1. The van der Waals surface area contributed by atoms with Crippen molar-refractivity contribution in [1.82, 2.24) is 20.2 Å². The van der Waals surface area contributed by atoms with E-state index in [1.807, 2.05) is 6.92 Å². The van der Waals surface area contributed by atoms with Gasteiger partial charge in [0, 0.05) is 6.04 Å². The Labute approximate surface area is 151 Å². The molecule has 1 fully saturated rings. The molecular weight excluding hydrogens is 338 g/mol.